The molecule has 0 saturated carbocycles. The van der Waals surface area contributed by atoms with Gasteiger partial charge in [-0.25, -0.2) is 0 Å². The predicted molar refractivity (Wildman–Crippen MR) is 45.1 cm³/mol. The minimum absolute atomic E-state index is 0. The van der Waals surface area contributed by atoms with E-state index >= 15 is 0 Å². The molecule has 4 heteroatoms. The fraction of sp³-hybridized carbons (Fsp3) is 0.571. The van der Waals surface area contributed by atoms with Gasteiger partial charge in [0.05, 0.1) is 0 Å². The van der Waals surface area contributed by atoms with Crippen molar-refractivity contribution >= 4 is 5.91 Å². The first-order valence-corrected chi connectivity index (χ1v) is 3.26. The van der Waals surface area contributed by atoms with Crippen LogP contribution in [0.3, 0.4) is 0 Å². The number of rotatable bonds is 0. The van der Waals surface area contributed by atoms with Gasteiger partial charge in [-0.05, 0) is 6.42 Å². The van der Waals surface area contributed by atoms with Crippen LogP contribution >= 0.6 is 0 Å². The van der Waals surface area contributed by atoms with Gasteiger partial charge in [-0.15, -0.1) is 0 Å². The molecule has 0 atom stereocenters. The lowest BCUT2D eigenvalue weighted by Crippen LogP contribution is -2.10. The first-order valence-electron chi connectivity index (χ1n) is 3.26. The van der Waals surface area contributed by atoms with Crippen molar-refractivity contribution in [3.63, 3.8) is 0 Å². The fourth-order valence-corrected chi connectivity index (χ4v) is 0.587. The van der Waals surface area contributed by atoms with E-state index in [4.69, 9.17) is 0 Å². The van der Waals surface area contributed by atoms with Gasteiger partial charge in [0, 0.05) is 12.1 Å². The summed E-state index contributed by atoms with van der Waals surface area (Å²) in [7, 11) is 0. The summed E-state index contributed by atoms with van der Waals surface area (Å²) in [5, 5.41) is 2.58. The molecule has 5 N–H and O–H groups in total. The Bertz CT molecular complexity index is 109. The van der Waals surface area contributed by atoms with E-state index in [9.17, 15) is 4.79 Å². The van der Waals surface area contributed by atoms with Crippen LogP contribution < -0.4 is 5.32 Å². The molecular formula is C7H17NO3. The van der Waals surface area contributed by atoms with Gasteiger partial charge in [0.15, 0.2) is 0 Å². The van der Waals surface area contributed by atoms with Crippen LogP contribution in [0.5, 0.6) is 0 Å². The highest BCUT2D eigenvalue weighted by molar-refractivity contribution is 5.80. The predicted octanol–water partition coefficient (Wildman–Crippen LogP) is -0.213. The van der Waals surface area contributed by atoms with Gasteiger partial charge in [0.2, 0.25) is 5.91 Å². The third-order valence-corrected chi connectivity index (χ3v) is 0.970. The van der Waals surface area contributed by atoms with Crippen LogP contribution in [0.2, 0.25) is 0 Å². The number of nitrogens with one attached hydrogen (secondary N) is 1. The van der Waals surface area contributed by atoms with Crippen molar-refractivity contribution in [2.45, 2.75) is 26.7 Å². The summed E-state index contributed by atoms with van der Waals surface area (Å²) in [4.78, 5) is 10.3. The maximum Gasteiger partial charge on any atom is 0.224 e. The molecule has 0 aromatic heterocycles. The Hall–Kier alpha value is -0.870. The number of amides is 1. The van der Waals surface area contributed by atoms with Gasteiger partial charge in [-0.3, -0.25) is 4.79 Å². The van der Waals surface area contributed by atoms with Gasteiger partial charge in [-0.1, -0.05) is 20.4 Å². The van der Waals surface area contributed by atoms with Crippen molar-refractivity contribution in [2.75, 3.05) is 0 Å². The van der Waals surface area contributed by atoms with Crippen LogP contribution in [-0.2, 0) is 4.79 Å². The number of carbonyl (C=O) groups excluding carboxylic acids is 1. The Balaban J connectivity index is -0.000000149. The van der Waals surface area contributed by atoms with Crippen molar-refractivity contribution in [3.8, 4) is 0 Å². The average molecular weight is 163 g/mol. The molecule has 0 spiro atoms. The van der Waals surface area contributed by atoms with Crippen LogP contribution in [0.4, 0.5) is 0 Å². The van der Waals surface area contributed by atoms with Gasteiger partial charge >= 0.3 is 0 Å². The molecule has 0 aliphatic carbocycles. The van der Waals surface area contributed by atoms with Gasteiger partial charge in [-0.2, -0.15) is 0 Å². The molecule has 1 heterocycles. The first-order chi connectivity index (χ1) is 4.29. The Kier molecular flexibility index (Phi) is 13.8. The highest BCUT2D eigenvalue weighted by Crippen LogP contribution is 2.05. The largest absolute Gasteiger partial charge is 0.412 e. The second-order valence-electron chi connectivity index (χ2n) is 1.65. The van der Waals surface area contributed by atoms with E-state index in [0.717, 1.165) is 12.1 Å². The molecule has 1 fully saturated rings. The zero-order valence-corrected chi connectivity index (χ0v) is 7.03. The lowest BCUT2D eigenvalue weighted by molar-refractivity contribution is -0.118. The normalized spacial score (nSPS) is 13.3. The topological polar surface area (TPSA) is 92.1 Å². The quantitative estimate of drug-likeness (QED) is 0.525. The number of carbonyl (C=O) groups is 1. The van der Waals surface area contributed by atoms with E-state index in [1.165, 1.54) is 0 Å². The Morgan fingerprint density at radius 1 is 1.27 bits per heavy atom. The van der Waals surface area contributed by atoms with E-state index in [1.807, 2.05) is 13.8 Å². The Morgan fingerprint density at radius 2 is 1.73 bits per heavy atom. The summed E-state index contributed by atoms with van der Waals surface area (Å²) in [6, 6.07) is 0. The summed E-state index contributed by atoms with van der Waals surface area (Å²) < 4.78 is 0. The van der Waals surface area contributed by atoms with E-state index in [1.54, 1.807) is 0 Å². The Labute approximate surface area is 66.9 Å². The molecule has 68 valence electrons. The molecule has 1 amide bonds. The molecule has 0 unspecified atom stereocenters. The zero-order chi connectivity index (χ0) is 7.28. The zero-order valence-electron chi connectivity index (χ0n) is 7.03. The first kappa shape index (κ1) is 16.6. The van der Waals surface area contributed by atoms with Crippen molar-refractivity contribution in [2.24, 2.45) is 0 Å². The third-order valence-electron chi connectivity index (χ3n) is 0.970. The second kappa shape index (κ2) is 9.13. The monoisotopic (exact) mass is 163 g/mol. The van der Waals surface area contributed by atoms with Crippen molar-refractivity contribution < 1.29 is 15.7 Å². The van der Waals surface area contributed by atoms with Crippen molar-refractivity contribution in [3.05, 3.63) is 12.3 Å². The number of hydrogen-bond acceptors (Lipinski definition) is 1. The minimum Gasteiger partial charge on any atom is -0.412 e. The molecular weight excluding hydrogens is 146 g/mol. The van der Waals surface area contributed by atoms with Crippen molar-refractivity contribution in [1.82, 2.24) is 5.32 Å². The second-order valence-corrected chi connectivity index (χ2v) is 1.65. The number of allylic oxidation sites excluding steroid dienone is 1. The lowest BCUT2D eigenvalue weighted by Gasteiger charge is -1.86. The molecule has 4 nitrogen and oxygen atoms in total. The summed E-state index contributed by atoms with van der Waals surface area (Å²) in [6.07, 6.45) is 1.44. The highest BCUT2D eigenvalue weighted by atomic mass is 16.1. The molecule has 1 rings (SSSR count). The molecule has 1 aliphatic rings. The molecule has 1 saturated heterocycles. The standard InChI is InChI=1S/C5H7NO.C2H6.2H2O/c1-4-2-3-5(7)6-4;1-2;;/h1-3H2,(H,6,7);1-2H3;2*1H2. The van der Waals surface area contributed by atoms with Gasteiger partial charge in [0.1, 0.15) is 0 Å². The molecule has 11 heavy (non-hydrogen) atoms. The Morgan fingerprint density at radius 3 is 1.82 bits per heavy atom. The molecule has 0 aromatic carbocycles. The summed E-state index contributed by atoms with van der Waals surface area (Å²) >= 11 is 0. The maximum absolute atomic E-state index is 10.3. The minimum atomic E-state index is 0. The number of hydrogen-bond donors (Lipinski definition) is 1. The van der Waals surface area contributed by atoms with Crippen LogP contribution in [0.25, 0.3) is 0 Å². The van der Waals surface area contributed by atoms with Crippen LogP contribution in [0.15, 0.2) is 12.3 Å². The van der Waals surface area contributed by atoms with Crippen LogP contribution in [-0.4, -0.2) is 16.9 Å². The van der Waals surface area contributed by atoms with Crippen molar-refractivity contribution in [1.29, 1.82) is 0 Å². The smallest absolute Gasteiger partial charge is 0.224 e. The van der Waals surface area contributed by atoms with E-state index < -0.39 is 0 Å². The lowest BCUT2D eigenvalue weighted by atomic mass is 10.3. The molecule has 0 radical (unpaired) electrons. The van der Waals surface area contributed by atoms with E-state index in [-0.39, 0.29) is 16.9 Å². The fourth-order valence-electron chi connectivity index (χ4n) is 0.587. The highest BCUT2D eigenvalue weighted by Gasteiger charge is 2.10. The van der Waals surface area contributed by atoms with E-state index in [2.05, 4.69) is 11.9 Å². The SMILES string of the molecule is C=C1CCC(=O)N1.CC.O.O. The van der Waals surface area contributed by atoms with Crippen LogP contribution in [0.1, 0.15) is 26.7 Å². The molecule has 0 bridgehead atoms. The third kappa shape index (κ3) is 7.02. The molecule has 1 aliphatic heterocycles. The summed E-state index contributed by atoms with van der Waals surface area (Å²) in [6.45, 7) is 7.57. The average Bonchev–Trinajstić information content (AvgIpc) is 2.20. The van der Waals surface area contributed by atoms with Gasteiger partial charge in [0.25, 0.3) is 0 Å². The van der Waals surface area contributed by atoms with Crippen LogP contribution in [0, 0.1) is 0 Å². The summed E-state index contributed by atoms with van der Waals surface area (Å²) in [5.41, 5.74) is 0.852. The molecule has 0 aromatic rings. The van der Waals surface area contributed by atoms with Gasteiger partial charge < -0.3 is 16.3 Å². The van der Waals surface area contributed by atoms with E-state index in [0.29, 0.717) is 6.42 Å². The summed E-state index contributed by atoms with van der Waals surface area (Å²) in [5.74, 6) is 0.102. The maximum atomic E-state index is 10.3.